The van der Waals surface area contributed by atoms with Gasteiger partial charge in [0.25, 0.3) is 5.91 Å². The van der Waals surface area contributed by atoms with E-state index in [0.717, 1.165) is 5.56 Å². The summed E-state index contributed by atoms with van der Waals surface area (Å²) in [7, 11) is 1.62. The fourth-order valence-electron chi connectivity index (χ4n) is 2.47. The molecule has 2 aromatic carbocycles. The number of aromatic nitrogens is 2. The van der Waals surface area contributed by atoms with Crippen LogP contribution in [0.25, 0.3) is 11.4 Å². The summed E-state index contributed by atoms with van der Waals surface area (Å²) < 4.78 is 5.05. The van der Waals surface area contributed by atoms with E-state index < -0.39 is 0 Å². The molecule has 1 aromatic heterocycles. The Kier molecular flexibility index (Phi) is 6.29. The molecule has 1 heterocycles. The van der Waals surface area contributed by atoms with Gasteiger partial charge in [0.15, 0.2) is 5.82 Å². The van der Waals surface area contributed by atoms with Crippen LogP contribution in [-0.4, -0.2) is 36.1 Å². The second kappa shape index (κ2) is 9.26. The van der Waals surface area contributed by atoms with Crippen LogP contribution >= 0.6 is 0 Å². The lowest BCUT2D eigenvalue weighted by molar-refractivity contribution is 0.102. The Morgan fingerprint density at radius 3 is 2.54 bits per heavy atom. The molecule has 0 aliphatic rings. The molecule has 2 N–H and O–H groups in total. The monoisotopic (exact) mass is 373 g/mol. The molecule has 0 spiro atoms. The third-order valence-corrected chi connectivity index (χ3v) is 3.87. The number of nitrogens with zero attached hydrogens (tertiary/aromatic N) is 3. The number of nitriles is 1. The summed E-state index contributed by atoms with van der Waals surface area (Å²) in [5.74, 6) is 0.628. The number of hydrogen-bond acceptors (Lipinski definition) is 6. The Bertz CT molecular complexity index is 982. The summed E-state index contributed by atoms with van der Waals surface area (Å²) in [6, 6.07) is 19.7. The van der Waals surface area contributed by atoms with Crippen LogP contribution in [0.3, 0.4) is 0 Å². The molecule has 3 aromatic rings. The Labute approximate surface area is 163 Å². The number of hydrogen-bond donors (Lipinski definition) is 2. The standard InChI is InChI=1S/C21H19N5O2/c1-28-12-11-23-19-13-18(25-20(26-19)16-5-3-2-4-6-16)21(27)24-17-9-7-15(14-22)8-10-17/h2-10,13H,11-12H2,1H3,(H,24,27)(H,23,25,26). The van der Waals surface area contributed by atoms with Crippen LogP contribution < -0.4 is 10.6 Å². The summed E-state index contributed by atoms with van der Waals surface area (Å²) in [4.78, 5) is 21.6. The summed E-state index contributed by atoms with van der Waals surface area (Å²) in [5, 5.41) is 14.8. The highest BCUT2D eigenvalue weighted by atomic mass is 16.5. The molecule has 140 valence electrons. The maximum Gasteiger partial charge on any atom is 0.274 e. The predicted molar refractivity (Wildman–Crippen MR) is 107 cm³/mol. The fraction of sp³-hybridized carbons (Fsp3) is 0.143. The molecule has 0 saturated heterocycles. The zero-order valence-electron chi connectivity index (χ0n) is 15.3. The summed E-state index contributed by atoms with van der Waals surface area (Å²) in [6.07, 6.45) is 0. The van der Waals surface area contributed by atoms with Crippen molar-refractivity contribution in [2.24, 2.45) is 0 Å². The van der Waals surface area contributed by atoms with E-state index in [1.807, 2.05) is 36.4 Å². The van der Waals surface area contributed by atoms with E-state index in [1.54, 1.807) is 37.4 Å². The average Bonchev–Trinajstić information content (AvgIpc) is 2.75. The van der Waals surface area contributed by atoms with E-state index in [4.69, 9.17) is 10.00 Å². The Hall–Kier alpha value is -3.76. The summed E-state index contributed by atoms with van der Waals surface area (Å²) in [5.41, 5.74) is 2.15. The van der Waals surface area contributed by atoms with Crippen molar-refractivity contribution in [1.82, 2.24) is 9.97 Å². The molecule has 0 radical (unpaired) electrons. The van der Waals surface area contributed by atoms with Crippen molar-refractivity contribution in [1.29, 1.82) is 5.26 Å². The van der Waals surface area contributed by atoms with Gasteiger partial charge in [0.2, 0.25) is 0 Å². The highest BCUT2D eigenvalue weighted by molar-refractivity contribution is 6.03. The molecule has 0 saturated carbocycles. The van der Waals surface area contributed by atoms with E-state index in [1.165, 1.54) is 0 Å². The molecule has 0 atom stereocenters. The quantitative estimate of drug-likeness (QED) is 0.616. The van der Waals surface area contributed by atoms with Crippen LogP contribution in [0.1, 0.15) is 16.1 Å². The fourth-order valence-corrected chi connectivity index (χ4v) is 2.47. The number of rotatable bonds is 7. The van der Waals surface area contributed by atoms with Gasteiger partial charge in [-0.15, -0.1) is 0 Å². The van der Waals surface area contributed by atoms with E-state index in [9.17, 15) is 4.79 Å². The number of anilines is 2. The molecule has 0 aliphatic carbocycles. The van der Waals surface area contributed by atoms with Gasteiger partial charge in [-0.3, -0.25) is 4.79 Å². The molecule has 7 nitrogen and oxygen atoms in total. The highest BCUT2D eigenvalue weighted by Crippen LogP contribution is 2.19. The number of benzene rings is 2. The van der Waals surface area contributed by atoms with Gasteiger partial charge in [0, 0.05) is 31.0 Å². The molecule has 0 bridgehead atoms. The number of carbonyl (C=O) groups excluding carboxylic acids is 1. The minimum absolute atomic E-state index is 0.234. The molecule has 1 amide bonds. The van der Waals surface area contributed by atoms with Crippen molar-refractivity contribution >= 4 is 17.4 Å². The first-order valence-corrected chi connectivity index (χ1v) is 8.68. The van der Waals surface area contributed by atoms with Gasteiger partial charge < -0.3 is 15.4 Å². The third-order valence-electron chi connectivity index (χ3n) is 3.87. The number of ether oxygens (including phenoxy) is 1. The molecule has 28 heavy (non-hydrogen) atoms. The molecule has 0 unspecified atom stereocenters. The third kappa shape index (κ3) is 4.90. The SMILES string of the molecule is COCCNc1cc(C(=O)Nc2ccc(C#N)cc2)nc(-c2ccccc2)n1. The predicted octanol–water partition coefficient (Wildman–Crippen LogP) is 3.33. The maximum absolute atomic E-state index is 12.7. The van der Waals surface area contributed by atoms with Crippen molar-refractivity contribution in [3.8, 4) is 17.5 Å². The highest BCUT2D eigenvalue weighted by Gasteiger charge is 2.13. The topological polar surface area (TPSA) is 99.9 Å². The van der Waals surface area contributed by atoms with E-state index in [0.29, 0.717) is 36.0 Å². The van der Waals surface area contributed by atoms with Crippen LogP contribution in [-0.2, 0) is 4.74 Å². The van der Waals surface area contributed by atoms with E-state index in [2.05, 4.69) is 20.6 Å². The van der Waals surface area contributed by atoms with Crippen molar-refractivity contribution in [3.05, 3.63) is 71.9 Å². The summed E-state index contributed by atoms with van der Waals surface area (Å²) in [6.45, 7) is 1.07. The zero-order valence-corrected chi connectivity index (χ0v) is 15.3. The largest absolute Gasteiger partial charge is 0.383 e. The normalized spacial score (nSPS) is 10.1. The van der Waals surface area contributed by atoms with Crippen LogP contribution in [0.4, 0.5) is 11.5 Å². The smallest absolute Gasteiger partial charge is 0.274 e. The molecule has 7 heteroatoms. The van der Waals surface area contributed by atoms with Gasteiger partial charge in [0.1, 0.15) is 11.5 Å². The molecule has 0 aliphatic heterocycles. The second-order valence-electron chi connectivity index (χ2n) is 5.89. The van der Waals surface area contributed by atoms with Crippen molar-refractivity contribution in [3.63, 3.8) is 0 Å². The average molecular weight is 373 g/mol. The first kappa shape index (κ1) is 19.0. The van der Waals surface area contributed by atoms with Gasteiger partial charge in [-0.1, -0.05) is 30.3 Å². The number of methoxy groups -OCH3 is 1. The van der Waals surface area contributed by atoms with Gasteiger partial charge in [-0.2, -0.15) is 5.26 Å². The van der Waals surface area contributed by atoms with Crippen LogP contribution in [0, 0.1) is 11.3 Å². The van der Waals surface area contributed by atoms with E-state index >= 15 is 0 Å². The molecule has 0 fully saturated rings. The van der Waals surface area contributed by atoms with Crippen LogP contribution in [0.15, 0.2) is 60.7 Å². The van der Waals surface area contributed by atoms with Crippen LogP contribution in [0.5, 0.6) is 0 Å². The summed E-state index contributed by atoms with van der Waals surface area (Å²) >= 11 is 0. The zero-order chi connectivity index (χ0) is 19.8. The second-order valence-corrected chi connectivity index (χ2v) is 5.89. The van der Waals surface area contributed by atoms with Gasteiger partial charge in [-0.25, -0.2) is 9.97 Å². The minimum atomic E-state index is -0.362. The number of amides is 1. The Morgan fingerprint density at radius 1 is 1.11 bits per heavy atom. The maximum atomic E-state index is 12.7. The van der Waals surface area contributed by atoms with Crippen molar-refractivity contribution in [2.75, 3.05) is 30.9 Å². The molecule has 3 rings (SSSR count). The molecular formula is C21H19N5O2. The number of carbonyl (C=O) groups is 1. The first-order chi connectivity index (χ1) is 13.7. The number of nitrogens with one attached hydrogen (secondary N) is 2. The lowest BCUT2D eigenvalue weighted by Crippen LogP contribution is -2.16. The van der Waals surface area contributed by atoms with Crippen LogP contribution in [0.2, 0.25) is 0 Å². The Balaban J connectivity index is 1.88. The first-order valence-electron chi connectivity index (χ1n) is 8.68. The van der Waals surface area contributed by atoms with Crippen molar-refractivity contribution in [2.45, 2.75) is 0 Å². The van der Waals surface area contributed by atoms with Crippen molar-refractivity contribution < 1.29 is 9.53 Å². The van der Waals surface area contributed by atoms with Gasteiger partial charge >= 0.3 is 0 Å². The minimum Gasteiger partial charge on any atom is -0.383 e. The molecular weight excluding hydrogens is 354 g/mol. The lowest BCUT2D eigenvalue weighted by Gasteiger charge is -2.10. The lowest BCUT2D eigenvalue weighted by atomic mass is 10.2. The van der Waals surface area contributed by atoms with Gasteiger partial charge in [0.05, 0.1) is 18.2 Å². The van der Waals surface area contributed by atoms with E-state index in [-0.39, 0.29) is 11.6 Å². The van der Waals surface area contributed by atoms with Gasteiger partial charge in [-0.05, 0) is 24.3 Å². The Morgan fingerprint density at radius 2 is 1.86 bits per heavy atom.